The molecule has 0 aliphatic heterocycles. The number of hydrogen-bond acceptors (Lipinski definition) is 5. The number of nitrogen functional groups attached to an aromatic ring is 1. The van der Waals surface area contributed by atoms with Gasteiger partial charge in [0.15, 0.2) is 0 Å². The van der Waals surface area contributed by atoms with E-state index in [1.165, 1.54) is 18.6 Å². The first kappa shape index (κ1) is 8.49. The van der Waals surface area contributed by atoms with Crippen LogP contribution in [0.15, 0.2) is 23.0 Å². The number of nitrogens with two attached hydrogens (primary N) is 1. The second-order valence-corrected chi connectivity index (χ2v) is 2.80. The summed E-state index contributed by atoms with van der Waals surface area (Å²) < 4.78 is 6.13. The molecule has 2 rings (SSSR count). The second kappa shape index (κ2) is 2.99. The van der Waals surface area contributed by atoms with Gasteiger partial charge in [-0.2, -0.15) is 9.78 Å². The van der Waals surface area contributed by atoms with Gasteiger partial charge in [-0.25, -0.2) is 4.98 Å². The Balaban J connectivity index is 2.33. The fraction of sp³-hybridized carbons (Fsp3) is 0.125. The molecule has 72 valence electrons. The summed E-state index contributed by atoms with van der Waals surface area (Å²) in [6.07, 6.45) is 4.26. The number of carbonyl (C=O) groups excluding carboxylic acids is 1. The number of anilines is 1. The SMILES string of the molecule is Cc1cnc(C(=O)n2cc(N)cn2)o1. The summed E-state index contributed by atoms with van der Waals surface area (Å²) in [6, 6.07) is 0. The monoisotopic (exact) mass is 192 g/mol. The average Bonchev–Trinajstić information content (AvgIpc) is 2.73. The van der Waals surface area contributed by atoms with Crippen LogP contribution in [0.4, 0.5) is 5.69 Å². The van der Waals surface area contributed by atoms with Crippen LogP contribution in [0.1, 0.15) is 16.4 Å². The zero-order valence-electron chi connectivity index (χ0n) is 7.47. The minimum Gasteiger partial charge on any atom is -0.438 e. The molecule has 0 unspecified atom stereocenters. The molecule has 0 aliphatic carbocycles. The maximum atomic E-state index is 11.6. The lowest BCUT2D eigenvalue weighted by atomic mass is 10.6. The highest BCUT2D eigenvalue weighted by atomic mass is 16.4. The van der Waals surface area contributed by atoms with E-state index in [-0.39, 0.29) is 5.89 Å². The zero-order valence-corrected chi connectivity index (χ0v) is 7.47. The molecule has 0 fully saturated rings. The van der Waals surface area contributed by atoms with E-state index in [9.17, 15) is 4.79 Å². The van der Waals surface area contributed by atoms with E-state index in [0.29, 0.717) is 11.4 Å². The summed E-state index contributed by atoms with van der Waals surface area (Å²) in [4.78, 5) is 15.3. The first-order chi connectivity index (χ1) is 6.66. The summed E-state index contributed by atoms with van der Waals surface area (Å²) >= 11 is 0. The van der Waals surface area contributed by atoms with E-state index < -0.39 is 5.91 Å². The van der Waals surface area contributed by atoms with Gasteiger partial charge in [0.05, 0.1) is 24.3 Å². The van der Waals surface area contributed by atoms with Gasteiger partial charge in [0.1, 0.15) is 5.76 Å². The highest BCUT2D eigenvalue weighted by Crippen LogP contribution is 2.05. The second-order valence-electron chi connectivity index (χ2n) is 2.80. The third-order valence-corrected chi connectivity index (χ3v) is 1.61. The van der Waals surface area contributed by atoms with Crippen LogP contribution in [0.5, 0.6) is 0 Å². The van der Waals surface area contributed by atoms with Crippen LogP contribution in [-0.4, -0.2) is 20.7 Å². The molecule has 2 aromatic rings. The maximum absolute atomic E-state index is 11.6. The van der Waals surface area contributed by atoms with Gasteiger partial charge in [-0.1, -0.05) is 0 Å². The molecular weight excluding hydrogens is 184 g/mol. The topological polar surface area (TPSA) is 86.9 Å². The van der Waals surface area contributed by atoms with Crippen molar-refractivity contribution in [2.24, 2.45) is 0 Å². The van der Waals surface area contributed by atoms with Crippen molar-refractivity contribution in [2.45, 2.75) is 6.92 Å². The largest absolute Gasteiger partial charge is 0.438 e. The van der Waals surface area contributed by atoms with Crippen LogP contribution < -0.4 is 5.73 Å². The maximum Gasteiger partial charge on any atom is 0.333 e. The Bertz CT molecular complexity index is 429. The smallest absolute Gasteiger partial charge is 0.333 e. The van der Waals surface area contributed by atoms with Crippen molar-refractivity contribution in [3.8, 4) is 0 Å². The van der Waals surface area contributed by atoms with Crippen LogP contribution in [0.25, 0.3) is 0 Å². The van der Waals surface area contributed by atoms with Gasteiger partial charge < -0.3 is 10.2 Å². The number of carbonyl (C=O) groups is 1. The van der Waals surface area contributed by atoms with E-state index in [1.807, 2.05) is 0 Å². The number of nitrogens with zero attached hydrogens (tertiary/aromatic N) is 3. The molecule has 0 radical (unpaired) electrons. The Morgan fingerprint density at radius 1 is 1.57 bits per heavy atom. The van der Waals surface area contributed by atoms with Crippen molar-refractivity contribution in [1.82, 2.24) is 14.8 Å². The lowest BCUT2D eigenvalue weighted by Gasteiger charge is -1.93. The molecule has 0 amide bonds. The summed E-state index contributed by atoms with van der Waals surface area (Å²) in [6.45, 7) is 1.71. The standard InChI is InChI=1S/C8H8N4O2/c1-5-2-10-7(14-5)8(13)12-4-6(9)3-11-12/h2-4H,9H2,1H3. The van der Waals surface area contributed by atoms with Crippen LogP contribution in [-0.2, 0) is 0 Å². The molecule has 0 spiro atoms. The summed E-state index contributed by atoms with van der Waals surface area (Å²) in [5, 5.41) is 3.74. The molecule has 6 heteroatoms. The predicted octanol–water partition coefficient (Wildman–Crippen LogP) is 0.450. The molecule has 0 atom stereocenters. The van der Waals surface area contributed by atoms with Gasteiger partial charge in [0.2, 0.25) is 0 Å². The van der Waals surface area contributed by atoms with Crippen molar-refractivity contribution in [3.63, 3.8) is 0 Å². The normalized spacial score (nSPS) is 10.4. The molecule has 2 N–H and O–H groups in total. The third-order valence-electron chi connectivity index (χ3n) is 1.61. The van der Waals surface area contributed by atoms with Gasteiger partial charge in [-0.3, -0.25) is 4.79 Å². The Morgan fingerprint density at radius 3 is 2.86 bits per heavy atom. The lowest BCUT2D eigenvalue weighted by molar-refractivity contribution is 0.0909. The minimum absolute atomic E-state index is 0.00519. The highest BCUT2D eigenvalue weighted by Gasteiger charge is 2.14. The van der Waals surface area contributed by atoms with Crippen LogP contribution in [0, 0.1) is 6.92 Å². The molecule has 2 heterocycles. The van der Waals surface area contributed by atoms with Crippen LogP contribution in [0.3, 0.4) is 0 Å². The fourth-order valence-electron chi connectivity index (χ4n) is 0.999. The van der Waals surface area contributed by atoms with Crippen molar-refractivity contribution in [2.75, 3.05) is 5.73 Å². The van der Waals surface area contributed by atoms with E-state index in [0.717, 1.165) is 4.68 Å². The van der Waals surface area contributed by atoms with E-state index in [1.54, 1.807) is 6.92 Å². The number of oxazole rings is 1. The van der Waals surface area contributed by atoms with Gasteiger partial charge in [-0.05, 0) is 6.92 Å². The van der Waals surface area contributed by atoms with Crippen molar-refractivity contribution in [3.05, 3.63) is 30.2 Å². The molecule has 0 saturated heterocycles. The molecule has 0 saturated carbocycles. The van der Waals surface area contributed by atoms with Gasteiger partial charge in [0.25, 0.3) is 5.89 Å². The molecule has 6 nitrogen and oxygen atoms in total. The van der Waals surface area contributed by atoms with Crippen molar-refractivity contribution < 1.29 is 9.21 Å². The highest BCUT2D eigenvalue weighted by molar-refractivity contribution is 5.91. The summed E-state index contributed by atoms with van der Waals surface area (Å²) in [5.41, 5.74) is 5.83. The van der Waals surface area contributed by atoms with Gasteiger partial charge in [0, 0.05) is 0 Å². The Morgan fingerprint density at radius 2 is 2.36 bits per heavy atom. The number of aryl methyl sites for hydroxylation is 1. The molecule has 14 heavy (non-hydrogen) atoms. The Hall–Kier alpha value is -2.11. The molecular formula is C8H8N4O2. The van der Waals surface area contributed by atoms with E-state index >= 15 is 0 Å². The molecule has 2 aromatic heterocycles. The predicted molar refractivity (Wildman–Crippen MR) is 47.6 cm³/mol. The van der Waals surface area contributed by atoms with E-state index in [2.05, 4.69) is 10.1 Å². The first-order valence-corrected chi connectivity index (χ1v) is 3.94. The third kappa shape index (κ3) is 1.37. The first-order valence-electron chi connectivity index (χ1n) is 3.94. The van der Waals surface area contributed by atoms with Crippen LogP contribution >= 0.6 is 0 Å². The molecule has 0 aromatic carbocycles. The number of aromatic nitrogens is 3. The minimum atomic E-state index is -0.435. The number of hydrogen-bond donors (Lipinski definition) is 1. The lowest BCUT2D eigenvalue weighted by Crippen LogP contribution is -2.12. The van der Waals surface area contributed by atoms with Gasteiger partial charge >= 0.3 is 5.91 Å². The Kier molecular flexibility index (Phi) is 1.81. The molecule has 0 bridgehead atoms. The fourth-order valence-corrected chi connectivity index (χ4v) is 0.999. The average molecular weight is 192 g/mol. The Labute approximate surface area is 79.3 Å². The van der Waals surface area contributed by atoms with Gasteiger partial charge in [-0.15, -0.1) is 0 Å². The van der Waals surface area contributed by atoms with Crippen molar-refractivity contribution >= 4 is 11.6 Å². The van der Waals surface area contributed by atoms with Crippen LogP contribution in [0.2, 0.25) is 0 Å². The van der Waals surface area contributed by atoms with E-state index in [4.69, 9.17) is 10.2 Å². The summed E-state index contributed by atoms with van der Waals surface area (Å²) in [5.74, 6) is 0.147. The molecule has 0 aliphatic rings. The quantitative estimate of drug-likeness (QED) is 0.708. The summed E-state index contributed by atoms with van der Waals surface area (Å²) in [7, 11) is 0. The zero-order chi connectivity index (χ0) is 10.1. The van der Waals surface area contributed by atoms with Crippen molar-refractivity contribution in [1.29, 1.82) is 0 Å². The number of rotatable bonds is 1.